The summed E-state index contributed by atoms with van der Waals surface area (Å²) in [6.07, 6.45) is 1.32. The third-order valence-electron chi connectivity index (χ3n) is 2.50. The molecule has 11 heteroatoms. The van der Waals surface area contributed by atoms with Crippen LogP contribution in [-0.4, -0.2) is 34.2 Å². The Morgan fingerprint density at radius 3 is 2.82 bits per heavy atom. The van der Waals surface area contributed by atoms with Crippen LogP contribution < -0.4 is 5.32 Å². The van der Waals surface area contributed by atoms with E-state index < -0.39 is 16.7 Å². The molecule has 0 saturated heterocycles. The van der Waals surface area contributed by atoms with Crippen molar-refractivity contribution < 1.29 is 28.0 Å². The molecular formula is C11H8N4O7. The standard InChI is InChI=1S/C11H8N4O7/c16-9(6-1-2-8(21-6)15(17)18)12-11-14-13-10(22-11)7-5-19-3-4-20-7/h1-2,5H,3-4H2,(H,12,14,16). The van der Waals surface area contributed by atoms with Gasteiger partial charge in [-0.3, -0.25) is 20.2 Å². The van der Waals surface area contributed by atoms with Gasteiger partial charge in [-0.2, -0.15) is 0 Å². The van der Waals surface area contributed by atoms with Crippen molar-refractivity contribution in [2.75, 3.05) is 18.5 Å². The summed E-state index contributed by atoms with van der Waals surface area (Å²) in [6, 6.07) is 2.01. The third-order valence-corrected chi connectivity index (χ3v) is 2.50. The van der Waals surface area contributed by atoms with Gasteiger partial charge in [0.05, 0.1) is 6.07 Å². The number of hydrogen-bond acceptors (Lipinski definition) is 9. The maximum Gasteiger partial charge on any atom is 0.433 e. The molecule has 0 fully saturated rings. The van der Waals surface area contributed by atoms with Gasteiger partial charge in [-0.05, 0) is 6.07 Å². The molecule has 0 bridgehead atoms. The van der Waals surface area contributed by atoms with Crippen molar-refractivity contribution >= 4 is 23.6 Å². The average Bonchev–Trinajstić information content (AvgIpc) is 3.17. The Morgan fingerprint density at radius 2 is 2.14 bits per heavy atom. The highest BCUT2D eigenvalue weighted by molar-refractivity contribution is 6.01. The number of nitro groups is 1. The lowest BCUT2D eigenvalue weighted by atomic mass is 10.4. The van der Waals surface area contributed by atoms with E-state index in [-0.39, 0.29) is 23.4 Å². The van der Waals surface area contributed by atoms with E-state index in [1.165, 1.54) is 6.26 Å². The summed E-state index contributed by atoms with van der Waals surface area (Å²) in [5, 5.41) is 20.0. The van der Waals surface area contributed by atoms with E-state index in [9.17, 15) is 14.9 Å². The van der Waals surface area contributed by atoms with Gasteiger partial charge in [-0.1, -0.05) is 5.10 Å². The Labute approximate surface area is 121 Å². The average molecular weight is 308 g/mol. The predicted octanol–water partition coefficient (Wildman–Crippen LogP) is 1.17. The van der Waals surface area contributed by atoms with Gasteiger partial charge in [-0.15, -0.1) is 5.10 Å². The molecule has 114 valence electrons. The van der Waals surface area contributed by atoms with Crippen LogP contribution in [0.1, 0.15) is 16.4 Å². The van der Waals surface area contributed by atoms with Crippen LogP contribution in [0, 0.1) is 10.1 Å². The quantitative estimate of drug-likeness (QED) is 0.650. The van der Waals surface area contributed by atoms with Crippen LogP contribution in [0.4, 0.5) is 11.9 Å². The molecule has 1 N–H and O–H groups in total. The number of ether oxygens (including phenoxy) is 2. The Hall–Kier alpha value is -3.37. The van der Waals surface area contributed by atoms with Gasteiger partial charge in [0.2, 0.25) is 5.76 Å². The summed E-state index contributed by atoms with van der Waals surface area (Å²) in [4.78, 5) is 21.5. The van der Waals surface area contributed by atoms with Gasteiger partial charge in [0, 0.05) is 0 Å². The number of furan rings is 1. The topological polar surface area (TPSA) is 143 Å². The minimum Gasteiger partial charge on any atom is -0.494 e. The smallest absolute Gasteiger partial charge is 0.433 e. The fraction of sp³-hybridized carbons (Fsp3) is 0.182. The SMILES string of the molecule is O=C(Nc1nnc(C2=COCCO2)o1)c1ccc([N+](=O)[O-])o1. The molecule has 0 spiro atoms. The number of anilines is 1. The lowest BCUT2D eigenvalue weighted by Gasteiger charge is -2.11. The fourth-order valence-corrected chi connectivity index (χ4v) is 1.56. The summed E-state index contributed by atoms with van der Waals surface area (Å²) in [6.45, 7) is 0.754. The second-order valence-electron chi connectivity index (χ2n) is 3.96. The summed E-state index contributed by atoms with van der Waals surface area (Å²) in [7, 11) is 0. The first-order chi connectivity index (χ1) is 10.6. The van der Waals surface area contributed by atoms with Crippen molar-refractivity contribution in [1.82, 2.24) is 10.2 Å². The molecule has 0 unspecified atom stereocenters. The molecule has 1 amide bonds. The second kappa shape index (κ2) is 5.55. The van der Waals surface area contributed by atoms with Gasteiger partial charge in [0.1, 0.15) is 24.4 Å². The molecule has 3 rings (SSSR count). The molecular weight excluding hydrogens is 300 g/mol. The Kier molecular flexibility index (Phi) is 3.43. The molecule has 0 saturated carbocycles. The lowest BCUT2D eigenvalue weighted by Crippen LogP contribution is -2.11. The number of aromatic nitrogens is 2. The molecule has 11 nitrogen and oxygen atoms in total. The minimum absolute atomic E-state index is 0.0282. The highest BCUT2D eigenvalue weighted by atomic mass is 16.6. The van der Waals surface area contributed by atoms with E-state index in [1.807, 2.05) is 0 Å². The lowest BCUT2D eigenvalue weighted by molar-refractivity contribution is -0.402. The molecule has 0 radical (unpaired) electrons. The number of carbonyl (C=O) groups excluding carboxylic acids is 1. The maximum atomic E-state index is 11.8. The number of amides is 1. The van der Waals surface area contributed by atoms with Crippen molar-refractivity contribution in [2.45, 2.75) is 0 Å². The van der Waals surface area contributed by atoms with Gasteiger partial charge in [0.15, 0.2) is 5.76 Å². The fourth-order valence-electron chi connectivity index (χ4n) is 1.56. The monoisotopic (exact) mass is 308 g/mol. The number of nitrogens with zero attached hydrogens (tertiary/aromatic N) is 3. The molecule has 2 aromatic heterocycles. The third kappa shape index (κ3) is 2.72. The summed E-state index contributed by atoms with van der Waals surface area (Å²) in [5.41, 5.74) is 0. The number of carbonyl (C=O) groups is 1. The molecule has 22 heavy (non-hydrogen) atoms. The van der Waals surface area contributed by atoms with Crippen LogP contribution in [0.2, 0.25) is 0 Å². The van der Waals surface area contributed by atoms with Crippen molar-refractivity contribution in [1.29, 1.82) is 0 Å². The molecule has 3 heterocycles. The molecule has 2 aromatic rings. The van der Waals surface area contributed by atoms with Crippen molar-refractivity contribution in [3.8, 4) is 0 Å². The summed E-state index contributed by atoms with van der Waals surface area (Å²) >= 11 is 0. The maximum absolute atomic E-state index is 11.8. The van der Waals surface area contributed by atoms with E-state index >= 15 is 0 Å². The second-order valence-corrected chi connectivity index (χ2v) is 3.96. The summed E-state index contributed by atoms with van der Waals surface area (Å²) < 4.78 is 20.2. The zero-order valence-corrected chi connectivity index (χ0v) is 10.8. The molecule has 0 aliphatic carbocycles. The van der Waals surface area contributed by atoms with Crippen LogP contribution in [0.5, 0.6) is 0 Å². The van der Waals surface area contributed by atoms with Crippen LogP contribution >= 0.6 is 0 Å². The highest BCUT2D eigenvalue weighted by Crippen LogP contribution is 2.20. The Bertz CT molecular complexity index is 747. The van der Waals surface area contributed by atoms with Gasteiger partial charge < -0.3 is 18.3 Å². The van der Waals surface area contributed by atoms with E-state index in [0.717, 1.165) is 12.1 Å². The first-order valence-corrected chi connectivity index (χ1v) is 5.97. The van der Waals surface area contributed by atoms with E-state index in [1.54, 1.807) is 0 Å². The van der Waals surface area contributed by atoms with E-state index in [0.29, 0.717) is 13.2 Å². The van der Waals surface area contributed by atoms with Crippen LogP contribution in [0.15, 0.2) is 27.2 Å². The predicted molar refractivity (Wildman–Crippen MR) is 67.5 cm³/mol. The number of rotatable bonds is 4. The van der Waals surface area contributed by atoms with Gasteiger partial charge in [0.25, 0.3) is 11.8 Å². The largest absolute Gasteiger partial charge is 0.494 e. The molecule has 1 aliphatic rings. The van der Waals surface area contributed by atoms with Gasteiger partial charge in [-0.25, -0.2) is 0 Å². The zero-order valence-electron chi connectivity index (χ0n) is 10.8. The van der Waals surface area contributed by atoms with Gasteiger partial charge >= 0.3 is 11.9 Å². The zero-order chi connectivity index (χ0) is 15.5. The molecule has 0 atom stereocenters. The van der Waals surface area contributed by atoms with Crippen LogP contribution in [0.3, 0.4) is 0 Å². The molecule has 1 aliphatic heterocycles. The minimum atomic E-state index is -0.766. The van der Waals surface area contributed by atoms with Crippen LogP contribution in [-0.2, 0) is 9.47 Å². The Morgan fingerprint density at radius 1 is 1.27 bits per heavy atom. The van der Waals surface area contributed by atoms with E-state index in [2.05, 4.69) is 15.5 Å². The normalized spacial score (nSPS) is 13.7. The summed E-state index contributed by atoms with van der Waals surface area (Å²) in [5.74, 6) is -1.30. The highest BCUT2D eigenvalue weighted by Gasteiger charge is 2.21. The Balaban J connectivity index is 1.70. The molecule has 0 aromatic carbocycles. The van der Waals surface area contributed by atoms with Crippen molar-refractivity contribution in [3.05, 3.63) is 40.2 Å². The van der Waals surface area contributed by atoms with Crippen LogP contribution in [0.25, 0.3) is 5.76 Å². The van der Waals surface area contributed by atoms with Crippen molar-refractivity contribution in [3.63, 3.8) is 0 Å². The van der Waals surface area contributed by atoms with E-state index in [4.69, 9.17) is 18.3 Å². The first kappa shape index (κ1) is 13.6. The van der Waals surface area contributed by atoms with Crippen molar-refractivity contribution in [2.24, 2.45) is 0 Å². The number of nitrogens with one attached hydrogen (secondary N) is 1. The first-order valence-electron chi connectivity index (χ1n) is 5.97. The number of hydrogen-bond donors (Lipinski definition) is 1.